The Labute approximate surface area is 155 Å². The molecule has 2 amide bonds. The Morgan fingerprint density at radius 2 is 1.12 bits per heavy atom. The molecule has 2 unspecified atom stereocenters. The van der Waals surface area contributed by atoms with Gasteiger partial charge in [0.15, 0.2) is 0 Å². The van der Waals surface area contributed by atoms with Gasteiger partial charge < -0.3 is 0 Å². The van der Waals surface area contributed by atoms with E-state index in [0.29, 0.717) is 0 Å². The molecule has 0 fully saturated rings. The van der Waals surface area contributed by atoms with Crippen molar-refractivity contribution in [2.24, 2.45) is 0 Å². The van der Waals surface area contributed by atoms with E-state index in [0.717, 1.165) is 21.8 Å². The van der Waals surface area contributed by atoms with E-state index in [1.165, 1.54) is 0 Å². The number of hydrogen-bond acceptors (Lipinski definition) is 2. The van der Waals surface area contributed by atoms with Crippen LogP contribution in [0.2, 0.25) is 10.6 Å². The first-order valence-electron chi connectivity index (χ1n) is 8.28. The molecule has 0 aliphatic carbocycles. The Morgan fingerprint density at radius 3 is 1.44 bits per heavy atom. The third-order valence-electron chi connectivity index (χ3n) is 3.73. The van der Waals surface area contributed by atoms with E-state index in [1.807, 2.05) is 60.7 Å². The summed E-state index contributed by atoms with van der Waals surface area (Å²) in [6.07, 6.45) is 0. The summed E-state index contributed by atoms with van der Waals surface area (Å²) < 4.78 is 0. The van der Waals surface area contributed by atoms with Crippen molar-refractivity contribution < 1.29 is 9.59 Å². The number of amides is 2. The second-order valence-corrected chi connectivity index (χ2v) is 8.12. The second-order valence-electron chi connectivity index (χ2n) is 5.87. The molecular weight excluding hydrogens is 379 g/mol. The van der Waals surface area contributed by atoms with Crippen molar-refractivity contribution in [2.75, 3.05) is 0 Å². The van der Waals surface area contributed by atoms with Crippen LogP contribution in [0, 0.1) is 0 Å². The van der Waals surface area contributed by atoms with Crippen molar-refractivity contribution in [3.05, 3.63) is 71.8 Å². The zero-order valence-electron chi connectivity index (χ0n) is 14.6. The fourth-order valence-corrected chi connectivity index (χ4v) is 5.04. The normalized spacial score (nSPS) is 12.9. The van der Waals surface area contributed by atoms with Gasteiger partial charge in [-0.1, -0.05) is 0 Å². The number of nitrogens with one attached hydrogen (secondary N) is 2. The maximum absolute atomic E-state index is 11.5. The van der Waals surface area contributed by atoms with E-state index >= 15 is 0 Å². The van der Waals surface area contributed by atoms with E-state index in [1.54, 1.807) is 13.8 Å². The molecule has 0 heterocycles. The van der Waals surface area contributed by atoms with Crippen molar-refractivity contribution in [3.8, 4) is 0 Å². The van der Waals surface area contributed by atoms with Crippen LogP contribution in [-0.2, 0) is 9.59 Å². The molecular formula is C20H24N2O2Se. The number of carbonyl (C=O) groups excluding carboxylic acids is 2. The fourth-order valence-electron chi connectivity index (χ4n) is 2.61. The number of hydrogen-bond donors (Lipinski definition) is 2. The average Bonchev–Trinajstić information content (AvgIpc) is 2.61. The van der Waals surface area contributed by atoms with E-state index < -0.39 is 0 Å². The first kappa shape index (κ1) is 19.2. The van der Waals surface area contributed by atoms with Crippen LogP contribution in [0.3, 0.4) is 0 Å². The van der Waals surface area contributed by atoms with Crippen molar-refractivity contribution in [2.45, 2.75) is 36.6 Å². The molecule has 2 atom stereocenters. The molecule has 2 N–H and O–H groups in total. The van der Waals surface area contributed by atoms with Crippen LogP contribution in [0.25, 0.3) is 0 Å². The molecule has 5 heteroatoms. The van der Waals surface area contributed by atoms with Crippen molar-refractivity contribution in [1.29, 1.82) is 0 Å². The molecule has 0 aromatic heterocycles. The first-order chi connectivity index (χ1) is 12.1. The molecule has 2 aromatic rings. The van der Waals surface area contributed by atoms with Crippen LogP contribution in [0.4, 0.5) is 0 Å². The van der Waals surface area contributed by atoms with Crippen LogP contribution >= 0.6 is 0 Å². The van der Waals surface area contributed by atoms with Gasteiger partial charge in [-0.15, -0.1) is 0 Å². The van der Waals surface area contributed by atoms with Crippen LogP contribution in [0.1, 0.15) is 37.1 Å². The summed E-state index contributed by atoms with van der Waals surface area (Å²) in [7, 11) is 0. The van der Waals surface area contributed by atoms with Gasteiger partial charge in [-0.25, -0.2) is 0 Å². The zero-order chi connectivity index (χ0) is 18.1. The molecule has 4 nitrogen and oxygen atoms in total. The summed E-state index contributed by atoms with van der Waals surface area (Å²) in [5.74, 6) is -0.0442. The van der Waals surface area contributed by atoms with Crippen LogP contribution < -0.4 is 10.6 Å². The summed E-state index contributed by atoms with van der Waals surface area (Å²) in [5, 5.41) is 7.86. The minimum atomic E-state index is -0.0221. The third-order valence-corrected chi connectivity index (χ3v) is 6.12. The van der Waals surface area contributed by atoms with E-state index in [-0.39, 0.29) is 38.9 Å². The molecule has 0 aliphatic heterocycles. The second kappa shape index (κ2) is 10.0. The molecule has 2 rings (SSSR count). The topological polar surface area (TPSA) is 58.2 Å². The number of carbonyl (C=O) groups is 2. The molecule has 0 radical (unpaired) electrons. The van der Waals surface area contributed by atoms with Gasteiger partial charge in [-0.2, -0.15) is 0 Å². The standard InChI is InChI=1S/C20H24N2O2Se/c1-15(23)21-19(17-9-5-3-6-10-17)13-25-14-20(22-16(2)24)18-11-7-4-8-12-18/h3-12,19-20H,13-14H2,1-2H3,(H,21,23)(H,22,24). The van der Waals surface area contributed by atoms with E-state index in [9.17, 15) is 9.59 Å². The Bertz CT molecular complexity index is 617. The SMILES string of the molecule is CC(=O)NC(C[Se]CC(NC(C)=O)c1ccccc1)c1ccccc1. The zero-order valence-corrected chi connectivity index (χ0v) is 16.3. The minimum absolute atomic E-state index is 0.0208. The molecule has 0 bridgehead atoms. The average molecular weight is 403 g/mol. The summed E-state index contributed by atoms with van der Waals surface area (Å²) in [6, 6.07) is 20.1. The van der Waals surface area contributed by atoms with Crippen LogP contribution in [0.15, 0.2) is 60.7 Å². The first-order valence-corrected chi connectivity index (χ1v) is 10.7. The quantitative estimate of drug-likeness (QED) is 0.665. The van der Waals surface area contributed by atoms with Crippen molar-refractivity contribution in [1.82, 2.24) is 10.6 Å². The summed E-state index contributed by atoms with van der Waals surface area (Å²) in [6.45, 7) is 3.10. The number of benzene rings is 2. The fraction of sp³-hybridized carbons (Fsp3) is 0.300. The summed E-state index contributed by atoms with van der Waals surface area (Å²) in [5.41, 5.74) is 2.24. The Balaban J connectivity index is 2.00. The Kier molecular flexibility index (Phi) is 7.71. The van der Waals surface area contributed by atoms with E-state index in [2.05, 4.69) is 10.6 Å². The van der Waals surface area contributed by atoms with Gasteiger partial charge in [0.25, 0.3) is 0 Å². The molecule has 0 saturated carbocycles. The molecule has 2 aromatic carbocycles. The predicted molar refractivity (Wildman–Crippen MR) is 101 cm³/mol. The van der Waals surface area contributed by atoms with Crippen molar-refractivity contribution in [3.63, 3.8) is 0 Å². The molecule has 0 saturated heterocycles. The van der Waals surface area contributed by atoms with Gasteiger partial charge in [0, 0.05) is 0 Å². The van der Waals surface area contributed by atoms with Crippen molar-refractivity contribution >= 4 is 26.8 Å². The molecule has 0 aliphatic rings. The summed E-state index contributed by atoms with van der Waals surface area (Å²) in [4.78, 5) is 23.1. The van der Waals surface area contributed by atoms with Gasteiger partial charge in [0.05, 0.1) is 0 Å². The van der Waals surface area contributed by atoms with Crippen LogP contribution in [0.5, 0.6) is 0 Å². The van der Waals surface area contributed by atoms with Gasteiger partial charge in [-0.05, 0) is 0 Å². The molecule has 0 spiro atoms. The van der Waals surface area contributed by atoms with E-state index in [4.69, 9.17) is 0 Å². The maximum atomic E-state index is 11.5. The van der Waals surface area contributed by atoms with Crippen LogP contribution in [-0.4, -0.2) is 26.8 Å². The Hall–Kier alpha value is -2.10. The van der Waals surface area contributed by atoms with Gasteiger partial charge >= 0.3 is 155 Å². The third kappa shape index (κ3) is 6.73. The number of rotatable bonds is 8. The monoisotopic (exact) mass is 404 g/mol. The van der Waals surface area contributed by atoms with Gasteiger partial charge in [-0.3, -0.25) is 0 Å². The molecule has 25 heavy (non-hydrogen) atoms. The predicted octanol–water partition coefficient (Wildman–Crippen LogP) is 3.28. The summed E-state index contributed by atoms with van der Waals surface area (Å²) >= 11 is 0.270. The Morgan fingerprint density at radius 1 is 0.760 bits per heavy atom. The van der Waals surface area contributed by atoms with Gasteiger partial charge in [0.1, 0.15) is 0 Å². The van der Waals surface area contributed by atoms with Gasteiger partial charge in [0.2, 0.25) is 0 Å². The molecule has 132 valence electrons.